The summed E-state index contributed by atoms with van der Waals surface area (Å²) in [5, 5.41) is 1.13. The largest absolute Gasteiger partial charge is 0.330 e. The van der Waals surface area contributed by atoms with Gasteiger partial charge in [-0.15, -0.1) is 11.3 Å². The zero-order valence-corrected chi connectivity index (χ0v) is 12.1. The highest BCUT2D eigenvalue weighted by Gasteiger charge is 2.16. The maximum atomic E-state index is 5.67. The number of rotatable bonds is 4. The first kappa shape index (κ1) is 13.2. The molecule has 1 aromatic carbocycles. The van der Waals surface area contributed by atoms with E-state index in [2.05, 4.69) is 45.0 Å². The summed E-state index contributed by atoms with van der Waals surface area (Å²) in [6, 6.07) is 8.59. The van der Waals surface area contributed by atoms with Crippen LogP contribution in [0.15, 0.2) is 24.3 Å². The summed E-state index contributed by atoms with van der Waals surface area (Å²) in [4.78, 5) is 6.05. The van der Waals surface area contributed by atoms with Crippen molar-refractivity contribution in [2.24, 2.45) is 5.73 Å². The normalized spacial score (nSPS) is 12.7. The molecule has 2 rings (SSSR count). The summed E-state index contributed by atoms with van der Waals surface area (Å²) >= 11 is 1.79. The standard InChI is InChI=1S/C15H20N2S/c1-10-4-6-13(7-5-10)14-15(11(2)8-9-16)18-12(3)17-14/h4-7,11H,8-9,16H2,1-3H3. The van der Waals surface area contributed by atoms with Gasteiger partial charge in [-0.2, -0.15) is 0 Å². The first-order chi connectivity index (χ1) is 8.61. The molecule has 0 saturated heterocycles. The van der Waals surface area contributed by atoms with Gasteiger partial charge >= 0.3 is 0 Å². The van der Waals surface area contributed by atoms with Crippen LogP contribution in [0.3, 0.4) is 0 Å². The number of nitrogens with two attached hydrogens (primary N) is 1. The summed E-state index contributed by atoms with van der Waals surface area (Å²) in [7, 11) is 0. The summed E-state index contributed by atoms with van der Waals surface area (Å²) in [5.41, 5.74) is 9.30. The quantitative estimate of drug-likeness (QED) is 0.906. The van der Waals surface area contributed by atoms with Crippen molar-refractivity contribution in [3.05, 3.63) is 39.7 Å². The monoisotopic (exact) mass is 260 g/mol. The van der Waals surface area contributed by atoms with E-state index in [9.17, 15) is 0 Å². The van der Waals surface area contributed by atoms with Gasteiger partial charge in [-0.3, -0.25) is 0 Å². The van der Waals surface area contributed by atoms with E-state index in [4.69, 9.17) is 10.7 Å². The molecule has 3 heteroatoms. The molecule has 18 heavy (non-hydrogen) atoms. The Morgan fingerprint density at radius 3 is 2.50 bits per heavy atom. The Morgan fingerprint density at radius 2 is 1.89 bits per heavy atom. The molecule has 96 valence electrons. The molecule has 0 aliphatic carbocycles. The fraction of sp³-hybridized carbons (Fsp3) is 0.400. The Kier molecular flexibility index (Phi) is 4.15. The second-order valence-corrected chi connectivity index (χ2v) is 6.02. The maximum absolute atomic E-state index is 5.67. The van der Waals surface area contributed by atoms with Crippen LogP contribution in [0, 0.1) is 13.8 Å². The van der Waals surface area contributed by atoms with E-state index >= 15 is 0 Å². The van der Waals surface area contributed by atoms with Gasteiger partial charge in [0.25, 0.3) is 0 Å². The third-order valence-corrected chi connectivity index (χ3v) is 4.33. The molecule has 0 amide bonds. The van der Waals surface area contributed by atoms with Crippen molar-refractivity contribution in [1.29, 1.82) is 0 Å². The molecule has 0 saturated carbocycles. The molecule has 0 aliphatic heterocycles. The van der Waals surface area contributed by atoms with Gasteiger partial charge in [-0.1, -0.05) is 36.8 Å². The number of hydrogen-bond acceptors (Lipinski definition) is 3. The van der Waals surface area contributed by atoms with Gasteiger partial charge in [-0.25, -0.2) is 4.98 Å². The smallest absolute Gasteiger partial charge is 0.0904 e. The molecule has 1 heterocycles. The van der Waals surface area contributed by atoms with Crippen molar-refractivity contribution in [3.63, 3.8) is 0 Å². The Labute approximate surface area is 113 Å². The topological polar surface area (TPSA) is 38.9 Å². The third kappa shape index (κ3) is 2.79. The Morgan fingerprint density at radius 1 is 1.22 bits per heavy atom. The van der Waals surface area contributed by atoms with Crippen molar-refractivity contribution in [1.82, 2.24) is 4.98 Å². The fourth-order valence-electron chi connectivity index (χ4n) is 2.08. The average Bonchev–Trinajstić information content (AvgIpc) is 2.73. The van der Waals surface area contributed by atoms with Crippen molar-refractivity contribution in [2.45, 2.75) is 33.1 Å². The molecular weight excluding hydrogens is 240 g/mol. The predicted molar refractivity (Wildman–Crippen MR) is 79.1 cm³/mol. The van der Waals surface area contributed by atoms with E-state index in [-0.39, 0.29) is 0 Å². The molecule has 1 aromatic heterocycles. The Balaban J connectivity index is 2.40. The number of aryl methyl sites for hydroxylation is 2. The van der Waals surface area contributed by atoms with E-state index in [0.29, 0.717) is 5.92 Å². The maximum Gasteiger partial charge on any atom is 0.0904 e. The second-order valence-electron chi connectivity index (χ2n) is 4.79. The number of thiazole rings is 1. The van der Waals surface area contributed by atoms with E-state index in [0.717, 1.165) is 23.7 Å². The lowest BCUT2D eigenvalue weighted by molar-refractivity contribution is 0.701. The van der Waals surface area contributed by atoms with E-state index in [1.807, 2.05) is 0 Å². The summed E-state index contributed by atoms with van der Waals surface area (Å²) in [5.74, 6) is 0.484. The van der Waals surface area contributed by atoms with Gasteiger partial charge in [-0.05, 0) is 32.7 Å². The van der Waals surface area contributed by atoms with E-state index in [1.165, 1.54) is 16.0 Å². The van der Waals surface area contributed by atoms with Gasteiger partial charge in [0, 0.05) is 10.4 Å². The molecule has 2 N–H and O–H groups in total. The molecule has 0 radical (unpaired) electrons. The van der Waals surface area contributed by atoms with Gasteiger partial charge < -0.3 is 5.73 Å². The average molecular weight is 260 g/mol. The van der Waals surface area contributed by atoms with Gasteiger partial charge in [0.2, 0.25) is 0 Å². The van der Waals surface area contributed by atoms with Crippen LogP contribution < -0.4 is 5.73 Å². The first-order valence-electron chi connectivity index (χ1n) is 6.36. The predicted octanol–water partition coefficient (Wildman–Crippen LogP) is 3.88. The minimum atomic E-state index is 0.484. The lowest BCUT2D eigenvalue weighted by Crippen LogP contribution is -2.04. The number of hydrogen-bond donors (Lipinski definition) is 1. The van der Waals surface area contributed by atoms with Crippen LogP contribution in [0.5, 0.6) is 0 Å². The minimum Gasteiger partial charge on any atom is -0.330 e. The van der Waals surface area contributed by atoms with E-state index < -0.39 is 0 Å². The van der Waals surface area contributed by atoms with Gasteiger partial charge in [0.15, 0.2) is 0 Å². The van der Waals surface area contributed by atoms with Crippen LogP contribution in [0.1, 0.15) is 34.7 Å². The van der Waals surface area contributed by atoms with E-state index in [1.54, 1.807) is 11.3 Å². The highest BCUT2D eigenvalue weighted by molar-refractivity contribution is 7.12. The summed E-state index contributed by atoms with van der Waals surface area (Å²) in [6.07, 6.45) is 1.01. The minimum absolute atomic E-state index is 0.484. The SMILES string of the molecule is Cc1ccc(-c2nc(C)sc2C(C)CCN)cc1. The van der Waals surface area contributed by atoms with Crippen LogP contribution >= 0.6 is 11.3 Å². The van der Waals surface area contributed by atoms with Crippen molar-refractivity contribution in [2.75, 3.05) is 6.54 Å². The van der Waals surface area contributed by atoms with Crippen LogP contribution in [-0.2, 0) is 0 Å². The fourth-order valence-corrected chi connectivity index (χ4v) is 3.11. The molecule has 1 atom stereocenters. The van der Waals surface area contributed by atoms with Crippen LogP contribution in [0.2, 0.25) is 0 Å². The van der Waals surface area contributed by atoms with Crippen molar-refractivity contribution >= 4 is 11.3 Å². The zero-order chi connectivity index (χ0) is 13.1. The van der Waals surface area contributed by atoms with Crippen LogP contribution in [-0.4, -0.2) is 11.5 Å². The summed E-state index contributed by atoms with van der Waals surface area (Å²) < 4.78 is 0. The number of nitrogens with zero attached hydrogens (tertiary/aromatic N) is 1. The highest BCUT2D eigenvalue weighted by Crippen LogP contribution is 2.35. The zero-order valence-electron chi connectivity index (χ0n) is 11.2. The molecule has 0 fully saturated rings. The van der Waals surface area contributed by atoms with Crippen molar-refractivity contribution < 1.29 is 0 Å². The van der Waals surface area contributed by atoms with Crippen LogP contribution in [0.4, 0.5) is 0 Å². The van der Waals surface area contributed by atoms with Gasteiger partial charge in [0.05, 0.1) is 10.7 Å². The van der Waals surface area contributed by atoms with Crippen molar-refractivity contribution in [3.8, 4) is 11.3 Å². The Hall–Kier alpha value is -1.19. The molecule has 0 aliphatic rings. The molecule has 1 unspecified atom stereocenters. The highest BCUT2D eigenvalue weighted by atomic mass is 32.1. The number of benzene rings is 1. The molecule has 0 bridgehead atoms. The molecule has 0 spiro atoms. The molecule has 2 nitrogen and oxygen atoms in total. The third-order valence-electron chi connectivity index (χ3n) is 3.13. The van der Waals surface area contributed by atoms with Crippen LogP contribution in [0.25, 0.3) is 11.3 Å². The summed E-state index contributed by atoms with van der Waals surface area (Å²) in [6.45, 7) is 7.14. The number of aromatic nitrogens is 1. The molecular formula is C15H20N2S. The Bertz CT molecular complexity index is 514. The lowest BCUT2D eigenvalue weighted by Gasteiger charge is -2.10. The lowest BCUT2D eigenvalue weighted by atomic mass is 10.0. The molecule has 2 aromatic rings. The first-order valence-corrected chi connectivity index (χ1v) is 7.18. The second kappa shape index (κ2) is 5.63. The van der Waals surface area contributed by atoms with Gasteiger partial charge in [0.1, 0.15) is 0 Å².